The van der Waals surface area contributed by atoms with E-state index in [0.717, 1.165) is 5.56 Å². The second kappa shape index (κ2) is 9.24. The molecule has 0 spiro atoms. The lowest BCUT2D eigenvalue weighted by molar-refractivity contribution is -0.118. The number of methoxy groups -OCH3 is 1. The maximum Gasteiger partial charge on any atom is 0.398 e. The number of rotatable bonds is 6. The monoisotopic (exact) mass is 358 g/mol. The second-order valence-electron chi connectivity index (χ2n) is 4.45. The fraction of sp³-hybridized carbons (Fsp3) is 0.462. The van der Waals surface area contributed by atoms with Gasteiger partial charge < -0.3 is 15.8 Å². The van der Waals surface area contributed by atoms with Gasteiger partial charge in [0, 0.05) is 12.0 Å². The molecule has 0 radical (unpaired) electrons. The van der Waals surface area contributed by atoms with Crippen molar-refractivity contribution < 1.29 is 22.7 Å². The average molecular weight is 359 g/mol. The Morgan fingerprint density at radius 1 is 1.45 bits per heavy atom. The van der Waals surface area contributed by atoms with Gasteiger partial charge in [-0.2, -0.15) is 13.2 Å². The van der Waals surface area contributed by atoms with Crippen LogP contribution in [0.15, 0.2) is 23.1 Å². The topological polar surface area (TPSA) is 64.3 Å². The van der Waals surface area contributed by atoms with Crippen LogP contribution in [0.2, 0.25) is 0 Å². The van der Waals surface area contributed by atoms with Gasteiger partial charge in [-0.25, -0.2) is 0 Å². The number of thioether (sulfide) groups is 1. The van der Waals surface area contributed by atoms with Crippen molar-refractivity contribution in [2.45, 2.75) is 24.0 Å². The van der Waals surface area contributed by atoms with E-state index in [1.54, 1.807) is 25.1 Å². The number of carbonyl (C=O) groups is 1. The molecule has 0 bridgehead atoms. The van der Waals surface area contributed by atoms with Crippen LogP contribution in [0.3, 0.4) is 0 Å². The summed E-state index contributed by atoms with van der Waals surface area (Å²) in [6.07, 6.45) is -4.27. The molecule has 22 heavy (non-hydrogen) atoms. The summed E-state index contributed by atoms with van der Waals surface area (Å²) in [4.78, 5) is 12.2. The van der Waals surface area contributed by atoms with Crippen molar-refractivity contribution in [1.29, 1.82) is 0 Å². The molecule has 1 aromatic rings. The molecule has 0 aliphatic carbocycles. The van der Waals surface area contributed by atoms with Gasteiger partial charge in [-0.1, -0.05) is 6.07 Å². The van der Waals surface area contributed by atoms with Crippen LogP contribution in [0.4, 0.5) is 18.9 Å². The van der Waals surface area contributed by atoms with Gasteiger partial charge in [-0.3, -0.25) is 4.79 Å². The Labute approximate surface area is 137 Å². The maximum atomic E-state index is 12.3. The predicted octanol–water partition coefficient (Wildman–Crippen LogP) is 2.98. The molecule has 1 aromatic carbocycles. The highest BCUT2D eigenvalue weighted by Crippen LogP contribution is 2.32. The van der Waals surface area contributed by atoms with E-state index in [9.17, 15) is 18.0 Å². The van der Waals surface area contributed by atoms with Gasteiger partial charge in [-0.15, -0.1) is 24.2 Å². The van der Waals surface area contributed by atoms with Crippen LogP contribution in [0.5, 0.6) is 0 Å². The fourth-order valence-electron chi connectivity index (χ4n) is 1.51. The summed E-state index contributed by atoms with van der Waals surface area (Å²) in [6, 6.07) is 3.96. The van der Waals surface area contributed by atoms with Crippen LogP contribution < -0.4 is 11.1 Å². The summed E-state index contributed by atoms with van der Waals surface area (Å²) in [5.41, 5.74) is 6.72. The van der Waals surface area contributed by atoms with Gasteiger partial charge in [0.15, 0.2) is 0 Å². The van der Waals surface area contributed by atoms with Crippen LogP contribution in [0, 0.1) is 6.92 Å². The van der Waals surface area contributed by atoms with Gasteiger partial charge in [-0.05, 0) is 24.6 Å². The smallest absolute Gasteiger partial charge is 0.383 e. The molecule has 1 unspecified atom stereocenters. The lowest BCUT2D eigenvalue weighted by Gasteiger charge is -2.15. The van der Waals surface area contributed by atoms with Crippen molar-refractivity contribution in [1.82, 2.24) is 0 Å². The van der Waals surface area contributed by atoms with E-state index >= 15 is 0 Å². The molecule has 1 amide bonds. The van der Waals surface area contributed by atoms with Gasteiger partial charge in [0.05, 0.1) is 18.0 Å². The van der Waals surface area contributed by atoms with Crippen LogP contribution >= 0.6 is 24.2 Å². The number of amides is 1. The number of carbonyl (C=O) groups excluding carboxylic acids is 1. The molecule has 0 aliphatic rings. The standard InChI is InChI=1S/C13H17F3N2O2S.ClH/c1-8-3-4-11(21-7-13(14,15)16)10(5-8)18-12(19)9(17)6-20-2;/h3-5,9H,6-7,17H2,1-2H3,(H,18,19);1H. The minimum atomic E-state index is -4.27. The highest BCUT2D eigenvalue weighted by molar-refractivity contribution is 7.99. The van der Waals surface area contributed by atoms with E-state index in [0.29, 0.717) is 22.3 Å². The molecular formula is C13H18ClF3N2O2S. The molecule has 0 aromatic heterocycles. The third-order valence-electron chi connectivity index (χ3n) is 2.47. The van der Waals surface area contributed by atoms with E-state index in [2.05, 4.69) is 5.32 Å². The first-order chi connectivity index (χ1) is 9.73. The Balaban J connectivity index is 0.00000441. The third-order valence-corrected chi connectivity index (χ3v) is 3.61. The quantitative estimate of drug-likeness (QED) is 0.767. The maximum absolute atomic E-state index is 12.3. The van der Waals surface area contributed by atoms with Crippen molar-refractivity contribution >= 4 is 35.8 Å². The first-order valence-electron chi connectivity index (χ1n) is 6.08. The summed E-state index contributed by atoms with van der Waals surface area (Å²) in [7, 11) is 1.41. The van der Waals surface area contributed by atoms with E-state index in [4.69, 9.17) is 10.5 Å². The number of anilines is 1. The zero-order valence-electron chi connectivity index (χ0n) is 12.1. The number of aryl methyl sites for hydroxylation is 1. The second-order valence-corrected chi connectivity index (χ2v) is 5.47. The first kappa shape index (κ1) is 21.0. The van der Waals surface area contributed by atoms with Crippen molar-refractivity contribution in [3.05, 3.63) is 23.8 Å². The Bertz CT molecular complexity index is 501. The van der Waals surface area contributed by atoms with Gasteiger partial charge in [0.2, 0.25) is 5.91 Å². The van der Waals surface area contributed by atoms with Gasteiger partial charge >= 0.3 is 6.18 Å². The highest BCUT2D eigenvalue weighted by Gasteiger charge is 2.28. The van der Waals surface area contributed by atoms with Crippen LogP contribution in [-0.4, -0.2) is 37.6 Å². The fourth-order valence-corrected chi connectivity index (χ4v) is 2.26. The molecule has 3 N–H and O–H groups in total. The van der Waals surface area contributed by atoms with Crippen molar-refractivity contribution in [2.24, 2.45) is 5.73 Å². The molecule has 4 nitrogen and oxygen atoms in total. The van der Waals surface area contributed by atoms with Crippen molar-refractivity contribution in [2.75, 3.05) is 24.8 Å². The lowest BCUT2D eigenvalue weighted by atomic mass is 10.2. The molecule has 0 heterocycles. The minimum absolute atomic E-state index is 0. The Hall–Kier alpha value is -0.960. The molecule has 0 fully saturated rings. The number of nitrogens with one attached hydrogen (secondary N) is 1. The van der Waals surface area contributed by atoms with E-state index in [-0.39, 0.29) is 19.0 Å². The number of hydrogen-bond acceptors (Lipinski definition) is 4. The summed E-state index contributed by atoms with van der Waals surface area (Å²) in [5.74, 6) is -1.53. The van der Waals surface area contributed by atoms with Crippen molar-refractivity contribution in [3.8, 4) is 0 Å². The molecule has 1 atom stereocenters. The number of hydrogen-bond donors (Lipinski definition) is 2. The van der Waals surface area contributed by atoms with Gasteiger partial charge in [0.25, 0.3) is 0 Å². The minimum Gasteiger partial charge on any atom is -0.383 e. The van der Waals surface area contributed by atoms with Crippen LogP contribution in [0.1, 0.15) is 5.56 Å². The average Bonchev–Trinajstić information content (AvgIpc) is 2.37. The van der Waals surface area contributed by atoms with Crippen LogP contribution in [0.25, 0.3) is 0 Å². The SMILES string of the molecule is COCC(N)C(=O)Nc1cc(C)ccc1SCC(F)(F)F.Cl. The number of ether oxygens (including phenoxy) is 1. The Kier molecular flexibility index (Phi) is 8.84. The number of benzene rings is 1. The molecule has 0 saturated heterocycles. The summed E-state index contributed by atoms with van der Waals surface area (Å²) in [5, 5.41) is 2.54. The Morgan fingerprint density at radius 2 is 2.09 bits per heavy atom. The number of halogens is 4. The largest absolute Gasteiger partial charge is 0.398 e. The lowest BCUT2D eigenvalue weighted by Crippen LogP contribution is -2.39. The zero-order valence-corrected chi connectivity index (χ0v) is 13.7. The first-order valence-corrected chi connectivity index (χ1v) is 7.07. The van der Waals surface area contributed by atoms with Gasteiger partial charge in [0.1, 0.15) is 6.04 Å². The van der Waals surface area contributed by atoms with E-state index in [1.165, 1.54) is 7.11 Å². The van der Waals surface area contributed by atoms with E-state index < -0.39 is 23.9 Å². The normalized spacial score (nSPS) is 12.5. The van der Waals surface area contributed by atoms with E-state index in [1.807, 2.05) is 0 Å². The zero-order chi connectivity index (χ0) is 16.0. The highest BCUT2D eigenvalue weighted by atomic mass is 35.5. The molecule has 126 valence electrons. The molecule has 0 aliphatic heterocycles. The summed E-state index contributed by atoms with van der Waals surface area (Å²) >= 11 is 0.618. The molecule has 0 saturated carbocycles. The number of alkyl halides is 3. The molecular weight excluding hydrogens is 341 g/mol. The Morgan fingerprint density at radius 3 is 2.64 bits per heavy atom. The molecule has 1 rings (SSSR count). The summed E-state index contributed by atoms with van der Waals surface area (Å²) < 4.78 is 41.7. The van der Waals surface area contributed by atoms with Crippen LogP contribution in [-0.2, 0) is 9.53 Å². The third kappa shape index (κ3) is 7.35. The predicted molar refractivity (Wildman–Crippen MR) is 83.7 cm³/mol. The van der Waals surface area contributed by atoms with Crippen molar-refractivity contribution in [3.63, 3.8) is 0 Å². The molecule has 9 heteroatoms. The number of nitrogens with two attached hydrogens (primary N) is 1. The summed E-state index contributed by atoms with van der Waals surface area (Å²) in [6.45, 7) is 1.81.